The fraction of sp³-hybridized carbons (Fsp3) is 0.455. The van der Waals surface area contributed by atoms with Crippen molar-refractivity contribution in [3.63, 3.8) is 0 Å². The number of nitrogens with zero attached hydrogens (tertiary/aromatic N) is 1. The largest absolute Gasteiger partial charge is 0.482 e. The number of aromatic nitrogens is 1. The topological polar surface area (TPSA) is 77.9 Å². The lowest BCUT2D eigenvalue weighted by atomic mass is 10.2. The lowest BCUT2D eigenvalue weighted by Crippen LogP contribution is -2.16. The predicted molar refractivity (Wildman–Crippen MR) is 57.6 cm³/mol. The second kappa shape index (κ2) is 5.01. The summed E-state index contributed by atoms with van der Waals surface area (Å²) in [4.78, 5) is 14.7. The number of ether oxygens (including phenoxy) is 3. The van der Waals surface area contributed by atoms with Gasteiger partial charge in [0, 0.05) is 18.7 Å². The molecular weight excluding hydrogens is 226 g/mol. The van der Waals surface area contributed by atoms with Crippen molar-refractivity contribution < 1.29 is 24.1 Å². The van der Waals surface area contributed by atoms with E-state index in [-0.39, 0.29) is 17.5 Å². The van der Waals surface area contributed by atoms with Crippen molar-refractivity contribution in [1.29, 1.82) is 0 Å². The number of hydrogen-bond acceptors (Lipinski definition) is 5. The third-order valence-electron chi connectivity index (χ3n) is 2.44. The molecule has 1 saturated heterocycles. The van der Waals surface area contributed by atoms with E-state index in [1.54, 1.807) is 0 Å². The first-order valence-corrected chi connectivity index (χ1v) is 5.22. The number of methoxy groups -OCH3 is 1. The summed E-state index contributed by atoms with van der Waals surface area (Å²) in [6.07, 6.45) is 1.94. The van der Waals surface area contributed by atoms with Crippen molar-refractivity contribution in [2.75, 3.05) is 20.3 Å². The minimum absolute atomic E-state index is 0.0692. The number of carboxylic acids is 1. The lowest BCUT2D eigenvalue weighted by molar-refractivity contribution is 0.0695. The van der Waals surface area contributed by atoms with Gasteiger partial charge in [0.15, 0.2) is 5.75 Å². The van der Waals surface area contributed by atoms with Crippen LogP contribution < -0.4 is 9.47 Å². The van der Waals surface area contributed by atoms with Crippen LogP contribution in [0.5, 0.6) is 11.6 Å². The van der Waals surface area contributed by atoms with Gasteiger partial charge in [-0.25, -0.2) is 9.78 Å². The summed E-state index contributed by atoms with van der Waals surface area (Å²) < 4.78 is 15.8. The summed E-state index contributed by atoms with van der Waals surface area (Å²) in [6.45, 7) is 1.15. The molecule has 0 aliphatic carbocycles. The molecule has 6 heteroatoms. The number of carbonyl (C=O) groups is 1. The van der Waals surface area contributed by atoms with Crippen LogP contribution in [0, 0.1) is 0 Å². The Labute approximate surface area is 98.1 Å². The standard InChI is InChI=1S/C11H13NO5/c1-15-10-9(17-8-2-3-16-6-8)4-7(5-12-10)11(13)14/h4-5,8H,2-3,6H2,1H3,(H,13,14). The highest BCUT2D eigenvalue weighted by atomic mass is 16.6. The lowest BCUT2D eigenvalue weighted by Gasteiger charge is -2.14. The highest BCUT2D eigenvalue weighted by Gasteiger charge is 2.20. The smallest absolute Gasteiger partial charge is 0.337 e. The van der Waals surface area contributed by atoms with E-state index >= 15 is 0 Å². The SMILES string of the molecule is COc1ncc(C(=O)O)cc1OC1CCOC1. The Morgan fingerprint density at radius 1 is 1.65 bits per heavy atom. The third kappa shape index (κ3) is 2.65. The molecule has 1 N–H and O–H groups in total. The molecule has 0 spiro atoms. The molecule has 1 fully saturated rings. The van der Waals surface area contributed by atoms with Crippen LogP contribution in [0.3, 0.4) is 0 Å². The quantitative estimate of drug-likeness (QED) is 0.843. The first kappa shape index (κ1) is 11.7. The molecule has 2 heterocycles. The van der Waals surface area contributed by atoms with Gasteiger partial charge in [0.2, 0.25) is 0 Å². The Balaban J connectivity index is 2.21. The second-order valence-electron chi connectivity index (χ2n) is 3.64. The van der Waals surface area contributed by atoms with Crippen LogP contribution in [0.1, 0.15) is 16.8 Å². The van der Waals surface area contributed by atoms with E-state index in [2.05, 4.69) is 4.98 Å². The van der Waals surface area contributed by atoms with Gasteiger partial charge in [0.1, 0.15) is 6.10 Å². The normalized spacial score (nSPS) is 19.0. The summed E-state index contributed by atoms with van der Waals surface area (Å²) in [5.41, 5.74) is 0.0692. The van der Waals surface area contributed by atoms with E-state index in [0.29, 0.717) is 19.0 Å². The third-order valence-corrected chi connectivity index (χ3v) is 2.44. The summed E-state index contributed by atoms with van der Waals surface area (Å²) in [5, 5.41) is 8.87. The molecule has 1 aromatic heterocycles. The summed E-state index contributed by atoms with van der Waals surface area (Å²) in [7, 11) is 1.46. The van der Waals surface area contributed by atoms with E-state index in [4.69, 9.17) is 19.3 Å². The molecule has 0 saturated carbocycles. The molecule has 92 valence electrons. The van der Waals surface area contributed by atoms with E-state index in [1.165, 1.54) is 19.4 Å². The molecule has 1 aliphatic heterocycles. The number of aromatic carboxylic acids is 1. The zero-order valence-corrected chi connectivity index (χ0v) is 9.38. The molecule has 1 aliphatic rings. The first-order chi connectivity index (χ1) is 8.20. The van der Waals surface area contributed by atoms with Crippen LogP contribution in [0.15, 0.2) is 12.3 Å². The zero-order chi connectivity index (χ0) is 12.3. The van der Waals surface area contributed by atoms with E-state index in [0.717, 1.165) is 6.42 Å². The molecule has 0 amide bonds. The summed E-state index contributed by atoms with van der Waals surface area (Å²) >= 11 is 0. The Hall–Kier alpha value is -1.82. The molecule has 1 unspecified atom stereocenters. The maximum absolute atomic E-state index is 10.8. The van der Waals surface area contributed by atoms with Crippen molar-refractivity contribution in [2.24, 2.45) is 0 Å². The molecule has 0 bridgehead atoms. The fourth-order valence-electron chi connectivity index (χ4n) is 1.57. The van der Waals surface area contributed by atoms with Crippen molar-refractivity contribution in [2.45, 2.75) is 12.5 Å². The molecule has 6 nitrogen and oxygen atoms in total. The van der Waals surface area contributed by atoms with Crippen LogP contribution in [-0.4, -0.2) is 42.5 Å². The minimum atomic E-state index is -1.05. The van der Waals surface area contributed by atoms with Crippen molar-refractivity contribution in [3.8, 4) is 11.6 Å². The Kier molecular flexibility index (Phi) is 3.43. The zero-order valence-electron chi connectivity index (χ0n) is 9.38. The molecule has 0 radical (unpaired) electrons. The Morgan fingerprint density at radius 2 is 2.47 bits per heavy atom. The maximum atomic E-state index is 10.8. The number of pyridine rings is 1. The minimum Gasteiger partial charge on any atom is -0.482 e. The molecule has 17 heavy (non-hydrogen) atoms. The van der Waals surface area contributed by atoms with Crippen LogP contribution in [0.25, 0.3) is 0 Å². The van der Waals surface area contributed by atoms with Gasteiger partial charge in [-0.15, -0.1) is 0 Å². The van der Waals surface area contributed by atoms with Gasteiger partial charge in [0.05, 0.1) is 25.9 Å². The molecule has 1 atom stereocenters. The van der Waals surface area contributed by atoms with Crippen LogP contribution >= 0.6 is 0 Å². The van der Waals surface area contributed by atoms with Gasteiger partial charge in [0.25, 0.3) is 5.88 Å². The fourth-order valence-corrected chi connectivity index (χ4v) is 1.57. The molecule has 2 rings (SSSR count). The van der Waals surface area contributed by atoms with Crippen LogP contribution in [0.2, 0.25) is 0 Å². The second-order valence-corrected chi connectivity index (χ2v) is 3.64. The van der Waals surface area contributed by atoms with Crippen molar-refractivity contribution in [3.05, 3.63) is 17.8 Å². The molecular formula is C11H13NO5. The molecule has 1 aromatic rings. The Morgan fingerprint density at radius 3 is 3.06 bits per heavy atom. The van der Waals surface area contributed by atoms with E-state index in [1.807, 2.05) is 0 Å². The summed E-state index contributed by atoms with van der Waals surface area (Å²) in [5.74, 6) is -0.433. The first-order valence-electron chi connectivity index (χ1n) is 5.22. The highest BCUT2D eigenvalue weighted by Crippen LogP contribution is 2.27. The van der Waals surface area contributed by atoms with Gasteiger partial charge in [-0.2, -0.15) is 0 Å². The van der Waals surface area contributed by atoms with E-state index in [9.17, 15) is 4.79 Å². The van der Waals surface area contributed by atoms with E-state index < -0.39 is 5.97 Å². The van der Waals surface area contributed by atoms with Crippen molar-refractivity contribution >= 4 is 5.97 Å². The van der Waals surface area contributed by atoms with Gasteiger partial charge in [-0.1, -0.05) is 0 Å². The van der Waals surface area contributed by atoms with Gasteiger partial charge >= 0.3 is 5.97 Å². The highest BCUT2D eigenvalue weighted by molar-refractivity contribution is 5.87. The van der Waals surface area contributed by atoms with Gasteiger partial charge in [-0.3, -0.25) is 0 Å². The maximum Gasteiger partial charge on any atom is 0.337 e. The number of hydrogen-bond donors (Lipinski definition) is 1. The van der Waals surface area contributed by atoms with Gasteiger partial charge in [-0.05, 0) is 0 Å². The van der Waals surface area contributed by atoms with Gasteiger partial charge < -0.3 is 19.3 Å². The van der Waals surface area contributed by atoms with Crippen molar-refractivity contribution in [1.82, 2.24) is 4.98 Å². The number of rotatable bonds is 4. The average molecular weight is 239 g/mol. The Bertz CT molecular complexity index is 414. The predicted octanol–water partition coefficient (Wildman–Crippen LogP) is 0.956. The van der Waals surface area contributed by atoms with Crippen LogP contribution in [-0.2, 0) is 4.74 Å². The van der Waals surface area contributed by atoms with Crippen LogP contribution in [0.4, 0.5) is 0 Å². The average Bonchev–Trinajstić information content (AvgIpc) is 2.81. The number of carboxylic acid groups (broad SMARTS) is 1. The summed E-state index contributed by atoms with van der Waals surface area (Å²) in [6, 6.07) is 1.41. The monoisotopic (exact) mass is 239 g/mol. The molecule has 0 aromatic carbocycles.